The van der Waals surface area contributed by atoms with E-state index in [2.05, 4.69) is 12.1 Å². The van der Waals surface area contributed by atoms with Gasteiger partial charge in [0.25, 0.3) is 0 Å². The Balaban J connectivity index is 0.000000147. The van der Waals surface area contributed by atoms with Crippen molar-refractivity contribution >= 4 is 17.5 Å². The number of rotatable bonds is 1. The van der Waals surface area contributed by atoms with Gasteiger partial charge in [-0.2, -0.15) is 0 Å². The summed E-state index contributed by atoms with van der Waals surface area (Å²) in [6, 6.07) is 13.4. The fraction of sp³-hybridized carbons (Fsp3) is 0.235. The van der Waals surface area contributed by atoms with Gasteiger partial charge in [-0.1, -0.05) is 35.4 Å². The van der Waals surface area contributed by atoms with Crippen LogP contribution < -0.4 is 5.73 Å². The number of hydrogen-bond donors (Lipinski definition) is 1. The molecule has 0 aromatic heterocycles. The molecule has 1 aliphatic carbocycles. The predicted molar refractivity (Wildman–Crippen MR) is 83.2 cm³/mol. The smallest absolute Gasteiger partial charge is 0.248 e. The summed E-state index contributed by atoms with van der Waals surface area (Å²) in [5, 5.41) is 0.876. The van der Waals surface area contributed by atoms with Crippen LogP contribution in [-0.2, 0) is 12.8 Å². The molecule has 2 aromatic rings. The lowest BCUT2D eigenvalue weighted by Crippen LogP contribution is -2.10. The lowest BCUT2D eigenvalue weighted by Gasteiger charge is -1.96. The molecule has 0 heterocycles. The third kappa shape index (κ3) is 3.84. The van der Waals surface area contributed by atoms with Crippen LogP contribution in [0.5, 0.6) is 0 Å². The number of aryl methyl sites for hydroxylation is 3. The van der Waals surface area contributed by atoms with Gasteiger partial charge in [-0.25, -0.2) is 0 Å². The number of amides is 1. The van der Waals surface area contributed by atoms with Crippen LogP contribution in [0.3, 0.4) is 0 Å². The summed E-state index contributed by atoms with van der Waals surface area (Å²) in [5.41, 5.74) is 9.66. The molecule has 104 valence electrons. The van der Waals surface area contributed by atoms with E-state index in [9.17, 15) is 4.79 Å². The Kier molecular flexibility index (Phi) is 4.80. The van der Waals surface area contributed by atoms with Crippen molar-refractivity contribution in [3.8, 4) is 0 Å². The molecule has 0 radical (unpaired) electrons. The Morgan fingerprint density at radius 2 is 1.70 bits per heavy atom. The van der Waals surface area contributed by atoms with E-state index in [-0.39, 0.29) is 5.91 Å². The van der Waals surface area contributed by atoms with Gasteiger partial charge < -0.3 is 5.73 Å². The Morgan fingerprint density at radius 1 is 1.05 bits per heavy atom. The number of halogens is 1. The van der Waals surface area contributed by atoms with Crippen LogP contribution in [0, 0.1) is 6.92 Å². The van der Waals surface area contributed by atoms with Crippen LogP contribution in [0.4, 0.5) is 0 Å². The van der Waals surface area contributed by atoms with E-state index in [1.54, 1.807) is 12.1 Å². The standard InChI is InChI=1S/C9H9Cl.C8H9NO/c10-9-5-4-7-2-1-3-8(7)6-9;1-6-2-4-7(5-3-6)8(9)10/h4-6H,1-3H2;2-5H,1H3,(H2,9,10). The van der Waals surface area contributed by atoms with Crippen LogP contribution in [0.15, 0.2) is 42.5 Å². The minimum absolute atomic E-state index is 0.375. The van der Waals surface area contributed by atoms with E-state index >= 15 is 0 Å². The lowest BCUT2D eigenvalue weighted by molar-refractivity contribution is 0.100. The monoisotopic (exact) mass is 287 g/mol. The minimum atomic E-state index is -0.375. The number of benzene rings is 2. The molecule has 0 atom stereocenters. The highest BCUT2D eigenvalue weighted by Crippen LogP contribution is 2.24. The fourth-order valence-electron chi connectivity index (χ4n) is 2.26. The molecule has 0 bridgehead atoms. The lowest BCUT2D eigenvalue weighted by atomic mass is 10.1. The first-order chi connectivity index (χ1) is 9.56. The van der Waals surface area contributed by atoms with Crippen molar-refractivity contribution in [3.05, 3.63) is 69.7 Å². The van der Waals surface area contributed by atoms with Crippen molar-refractivity contribution < 1.29 is 4.79 Å². The average Bonchev–Trinajstić information content (AvgIpc) is 2.87. The molecule has 0 fully saturated rings. The summed E-state index contributed by atoms with van der Waals surface area (Å²) in [6.45, 7) is 1.96. The van der Waals surface area contributed by atoms with Crippen LogP contribution >= 0.6 is 11.6 Å². The summed E-state index contributed by atoms with van der Waals surface area (Å²) in [4.78, 5) is 10.5. The molecular weight excluding hydrogens is 270 g/mol. The molecule has 20 heavy (non-hydrogen) atoms. The highest BCUT2D eigenvalue weighted by Gasteiger charge is 2.09. The molecule has 1 amide bonds. The van der Waals surface area contributed by atoms with Crippen molar-refractivity contribution in [2.75, 3.05) is 0 Å². The van der Waals surface area contributed by atoms with Gasteiger partial charge in [0.1, 0.15) is 0 Å². The van der Waals surface area contributed by atoms with Crippen LogP contribution in [0.1, 0.15) is 33.5 Å². The van der Waals surface area contributed by atoms with E-state index in [1.165, 1.54) is 30.4 Å². The molecule has 0 aliphatic heterocycles. The van der Waals surface area contributed by atoms with Gasteiger partial charge in [0.05, 0.1) is 0 Å². The fourth-order valence-corrected chi connectivity index (χ4v) is 2.45. The number of nitrogens with two attached hydrogens (primary N) is 1. The van der Waals surface area contributed by atoms with Crippen molar-refractivity contribution in [3.63, 3.8) is 0 Å². The molecule has 2 aromatic carbocycles. The number of carbonyl (C=O) groups is 1. The first-order valence-corrected chi connectivity index (χ1v) is 7.08. The maximum atomic E-state index is 10.5. The molecule has 0 saturated heterocycles. The van der Waals surface area contributed by atoms with E-state index in [1.807, 2.05) is 25.1 Å². The van der Waals surface area contributed by atoms with Crippen LogP contribution in [0.2, 0.25) is 5.02 Å². The summed E-state index contributed by atoms with van der Waals surface area (Å²) < 4.78 is 0. The largest absolute Gasteiger partial charge is 0.366 e. The molecule has 0 spiro atoms. The number of hydrogen-bond acceptors (Lipinski definition) is 1. The molecule has 2 nitrogen and oxygen atoms in total. The summed E-state index contributed by atoms with van der Waals surface area (Å²) in [6.07, 6.45) is 3.76. The normalized spacial score (nSPS) is 12.3. The van der Waals surface area contributed by atoms with Crippen LogP contribution in [0.25, 0.3) is 0 Å². The van der Waals surface area contributed by atoms with Gasteiger partial charge in [-0.05, 0) is 61.6 Å². The van der Waals surface area contributed by atoms with Crippen molar-refractivity contribution in [2.45, 2.75) is 26.2 Å². The first kappa shape index (κ1) is 14.6. The number of primary amides is 1. The van der Waals surface area contributed by atoms with E-state index in [0.29, 0.717) is 5.56 Å². The maximum Gasteiger partial charge on any atom is 0.248 e. The second kappa shape index (κ2) is 6.58. The highest BCUT2D eigenvalue weighted by molar-refractivity contribution is 6.30. The zero-order chi connectivity index (χ0) is 14.5. The SMILES string of the molecule is Cc1ccc(C(N)=O)cc1.Clc1ccc2c(c1)CCC2. The van der Waals surface area contributed by atoms with E-state index < -0.39 is 0 Å². The quantitative estimate of drug-likeness (QED) is 0.849. The molecule has 1 aliphatic rings. The van der Waals surface area contributed by atoms with Gasteiger partial charge in [-0.15, -0.1) is 0 Å². The van der Waals surface area contributed by atoms with Crippen molar-refractivity contribution in [2.24, 2.45) is 5.73 Å². The topological polar surface area (TPSA) is 43.1 Å². The molecule has 0 saturated carbocycles. The molecular formula is C17H18ClNO. The Hall–Kier alpha value is -1.80. The second-order valence-electron chi connectivity index (χ2n) is 5.00. The second-order valence-corrected chi connectivity index (χ2v) is 5.43. The van der Waals surface area contributed by atoms with Crippen LogP contribution in [-0.4, -0.2) is 5.91 Å². The molecule has 2 N–H and O–H groups in total. The van der Waals surface area contributed by atoms with Gasteiger partial charge >= 0.3 is 0 Å². The average molecular weight is 288 g/mol. The Bertz CT molecular complexity index is 605. The number of fused-ring (bicyclic) bond motifs is 1. The number of carbonyl (C=O) groups excluding carboxylic acids is 1. The maximum absolute atomic E-state index is 10.5. The first-order valence-electron chi connectivity index (χ1n) is 6.70. The Morgan fingerprint density at radius 3 is 2.35 bits per heavy atom. The third-order valence-electron chi connectivity index (χ3n) is 3.40. The van der Waals surface area contributed by atoms with Gasteiger partial charge in [0, 0.05) is 10.6 Å². The third-order valence-corrected chi connectivity index (χ3v) is 3.63. The van der Waals surface area contributed by atoms with Crippen molar-refractivity contribution in [1.29, 1.82) is 0 Å². The zero-order valence-corrected chi connectivity index (χ0v) is 12.3. The molecule has 3 heteroatoms. The summed E-state index contributed by atoms with van der Waals surface area (Å²) in [7, 11) is 0. The Labute approximate surface area is 124 Å². The van der Waals surface area contributed by atoms with Gasteiger partial charge in [0.15, 0.2) is 0 Å². The molecule has 0 unspecified atom stereocenters. The molecule has 3 rings (SSSR count). The predicted octanol–water partition coefficient (Wildman–Crippen LogP) is 3.92. The minimum Gasteiger partial charge on any atom is -0.366 e. The zero-order valence-electron chi connectivity index (χ0n) is 11.5. The van der Waals surface area contributed by atoms with E-state index in [4.69, 9.17) is 17.3 Å². The summed E-state index contributed by atoms with van der Waals surface area (Å²) >= 11 is 5.82. The van der Waals surface area contributed by atoms with Gasteiger partial charge in [-0.3, -0.25) is 4.79 Å². The summed E-state index contributed by atoms with van der Waals surface area (Å²) in [5.74, 6) is -0.375. The van der Waals surface area contributed by atoms with Crippen molar-refractivity contribution in [1.82, 2.24) is 0 Å². The van der Waals surface area contributed by atoms with E-state index in [0.717, 1.165) is 10.6 Å². The van der Waals surface area contributed by atoms with Gasteiger partial charge in [0.2, 0.25) is 5.91 Å². The highest BCUT2D eigenvalue weighted by atomic mass is 35.5.